The molecule has 0 saturated carbocycles. The molecule has 1 aromatic heterocycles. The zero-order chi connectivity index (χ0) is 20.1. The van der Waals surface area contributed by atoms with E-state index in [4.69, 9.17) is 26.2 Å². The number of aliphatic hydroxyl groups is 2. The van der Waals surface area contributed by atoms with Crippen LogP contribution in [0.3, 0.4) is 0 Å². The van der Waals surface area contributed by atoms with E-state index in [-0.39, 0.29) is 24.9 Å². The first-order valence-corrected chi connectivity index (χ1v) is 8.10. The molecule has 0 aliphatic rings. The Kier molecular flexibility index (Phi) is 11.9. The second kappa shape index (κ2) is 13.0. The summed E-state index contributed by atoms with van der Waals surface area (Å²) in [5.74, 6) is -1.25. The van der Waals surface area contributed by atoms with Crippen molar-refractivity contribution < 1.29 is 29.4 Å². The molecule has 1 rings (SSSR count). The number of amides is 2. The van der Waals surface area contributed by atoms with Crippen LogP contribution in [0.1, 0.15) is 44.4 Å². The standard InChI is InChI=1S/C10H17N5O6.C4H11N/c1-4(17)7(9(18)19)14-10(20)12-2-6-13-8(15-21-6)5(11)3-16;1-2-3-4-5/h4-5,7,16-17H,2-3,11H2,1H3,(H,18,19)(H2,12,14,20);2-5H2,1H3. The van der Waals surface area contributed by atoms with E-state index in [0.29, 0.717) is 0 Å². The highest BCUT2D eigenvalue weighted by Crippen LogP contribution is 2.04. The third kappa shape index (κ3) is 9.27. The monoisotopic (exact) mass is 376 g/mol. The molecule has 0 radical (unpaired) electrons. The summed E-state index contributed by atoms with van der Waals surface area (Å²) in [6.07, 6.45) is 1.13. The highest BCUT2D eigenvalue weighted by Gasteiger charge is 2.25. The molecule has 2 amide bonds. The summed E-state index contributed by atoms with van der Waals surface area (Å²) in [6.45, 7) is 3.69. The Labute approximate surface area is 150 Å². The minimum atomic E-state index is -1.44. The average Bonchev–Trinajstić information content (AvgIpc) is 3.07. The first-order chi connectivity index (χ1) is 12.3. The number of urea groups is 1. The topological polar surface area (TPSA) is 210 Å². The van der Waals surface area contributed by atoms with Crippen molar-refractivity contribution in [2.24, 2.45) is 11.5 Å². The number of carboxylic acid groups (broad SMARTS) is 1. The van der Waals surface area contributed by atoms with Crippen LogP contribution in [0.4, 0.5) is 4.79 Å². The van der Waals surface area contributed by atoms with E-state index >= 15 is 0 Å². The smallest absolute Gasteiger partial charge is 0.328 e. The zero-order valence-corrected chi connectivity index (χ0v) is 14.9. The van der Waals surface area contributed by atoms with Gasteiger partial charge in [-0.05, 0) is 19.9 Å². The van der Waals surface area contributed by atoms with Gasteiger partial charge in [0.25, 0.3) is 0 Å². The molecule has 0 aliphatic heterocycles. The van der Waals surface area contributed by atoms with Gasteiger partial charge < -0.3 is 41.9 Å². The summed E-state index contributed by atoms with van der Waals surface area (Å²) in [6, 6.07) is -3.05. The van der Waals surface area contributed by atoms with Gasteiger partial charge >= 0.3 is 12.0 Å². The van der Waals surface area contributed by atoms with E-state index in [1.165, 1.54) is 19.8 Å². The summed E-state index contributed by atoms with van der Waals surface area (Å²) in [5.41, 5.74) is 10.6. The molecule has 0 spiro atoms. The number of nitrogens with two attached hydrogens (primary N) is 2. The number of aromatic nitrogens is 2. The van der Waals surface area contributed by atoms with Gasteiger partial charge in [0.05, 0.1) is 25.3 Å². The maximum atomic E-state index is 11.5. The number of hydrogen-bond donors (Lipinski definition) is 7. The van der Waals surface area contributed by atoms with Gasteiger partial charge in [-0.1, -0.05) is 18.5 Å². The Hall–Kier alpha value is -2.28. The van der Waals surface area contributed by atoms with Gasteiger partial charge in [-0.25, -0.2) is 9.59 Å². The van der Waals surface area contributed by atoms with Gasteiger partial charge in [-0.3, -0.25) is 0 Å². The predicted octanol–water partition coefficient (Wildman–Crippen LogP) is -1.56. The molecule has 150 valence electrons. The first-order valence-electron chi connectivity index (χ1n) is 8.10. The molecule has 3 unspecified atom stereocenters. The summed E-state index contributed by atoms with van der Waals surface area (Å²) in [5, 5.41) is 34.7. The number of carbonyl (C=O) groups excluding carboxylic acids is 1. The van der Waals surface area contributed by atoms with Crippen LogP contribution in [-0.2, 0) is 11.3 Å². The lowest BCUT2D eigenvalue weighted by Gasteiger charge is -2.16. The number of carboxylic acids is 1. The van der Waals surface area contributed by atoms with Crippen LogP contribution >= 0.6 is 0 Å². The Balaban J connectivity index is 0.00000110. The molecule has 12 nitrogen and oxygen atoms in total. The SMILES string of the molecule is CC(O)C(NC(=O)NCc1nc(C(N)CO)no1)C(=O)O.CCCCN. The lowest BCUT2D eigenvalue weighted by molar-refractivity contribution is -0.141. The fraction of sp³-hybridized carbons (Fsp3) is 0.714. The van der Waals surface area contributed by atoms with Crippen LogP contribution in [0.2, 0.25) is 0 Å². The lowest BCUT2D eigenvalue weighted by atomic mass is 10.2. The largest absolute Gasteiger partial charge is 0.480 e. The minimum absolute atomic E-state index is 0.0352. The quantitative estimate of drug-likeness (QED) is 0.263. The van der Waals surface area contributed by atoms with Crippen LogP contribution < -0.4 is 22.1 Å². The maximum absolute atomic E-state index is 11.5. The third-order valence-electron chi connectivity index (χ3n) is 3.01. The number of unbranched alkanes of at least 4 members (excludes halogenated alkanes) is 1. The van der Waals surface area contributed by atoms with Gasteiger partial charge in [0.1, 0.15) is 0 Å². The Morgan fingerprint density at radius 2 is 2.04 bits per heavy atom. The molecule has 9 N–H and O–H groups in total. The van der Waals surface area contributed by atoms with E-state index in [2.05, 4.69) is 27.7 Å². The Morgan fingerprint density at radius 1 is 1.38 bits per heavy atom. The van der Waals surface area contributed by atoms with Crippen LogP contribution in [0.15, 0.2) is 4.52 Å². The molecular weight excluding hydrogens is 348 g/mol. The Bertz CT molecular complexity index is 536. The first kappa shape index (κ1) is 23.7. The van der Waals surface area contributed by atoms with Crippen LogP contribution in [0, 0.1) is 0 Å². The highest BCUT2D eigenvalue weighted by molar-refractivity contribution is 5.82. The van der Waals surface area contributed by atoms with Crippen LogP contribution in [0.25, 0.3) is 0 Å². The lowest BCUT2D eigenvalue weighted by Crippen LogP contribution is -2.51. The fourth-order valence-electron chi connectivity index (χ4n) is 1.51. The number of carbonyl (C=O) groups is 2. The van der Waals surface area contributed by atoms with Crippen molar-refractivity contribution in [3.63, 3.8) is 0 Å². The van der Waals surface area contributed by atoms with Crippen molar-refractivity contribution in [3.05, 3.63) is 11.7 Å². The van der Waals surface area contributed by atoms with Crippen molar-refractivity contribution >= 4 is 12.0 Å². The molecule has 0 saturated heterocycles. The van der Waals surface area contributed by atoms with Crippen molar-refractivity contribution in [2.75, 3.05) is 13.2 Å². The summed E-state index contributed by atoms with van der Waals surface area (Å²) < 4.78 is 4.78. The number of aliphatic carboxylic acids is 1. The normalized spacial score (nSPS) is 13.8. The molecule has 0 bridgehead atoms. The van der Waals surface area contributed by atoms with E-state index in [9.17, 15) is 14.7 Å². The van der Waals surface area contributed by atoms with Crippen molar-refractivity contribution in [2.45, 2.75) is 51.4 Å². The molecule has 1 aromatic rings. The number of rotatable bonds is 9. The zero-order valence-electron chi connectivity index (χ0n) is 14.9. The number of aliphatic hydroxyl groups excluding tert-OH is 2. The second-order valence-electron chi connectivity index (χ2n) is 5.36. The van der Waals surface area contributed by atoms with Crippen LogP contribution in [-0.4, -0.2) is 62.8 Å². The number of nitrogens with one attached hydrogen (secondary N) is 2. The summed E-state index contributed by atoms with van der Waals surface area (Å²) in [4.78, 5) is 26.1. The van der Waals surface area contributed by atoms with E-state index in [1.54, 1.807) is 0 Å². The summed E-state index contributed by atoms with van der Waals surface area (Å²) in [7, 11) is 0. The van der Waals surface area contributed by atoms with Gasteiger partial charge in [0, 0.05) is 0 Å². The number of hydrogen-bond acceptors (Lipinski definition) is 9. The van der Waals surface area contributed by atoms with E-state index in [1.807, 2.05) is 0 Å². The fourth-order valence-corrected chi connectivity index (χ4v) is 1.51. The molecule has 0 fully saturated rings. The molecule has 3 atom stereocenters. The van der Waals surface area contributed by atoms with Gasteiger partial charge in [-0.15, -0.1) is 0 Å². The number of nitrogens with zero attached hydrogens (tertiary/aromatic N) is 2. The van der Waals surface area contributed by atoms with Gasteiger partial charge in [0.2, 0.25) is 5.89 Å². The van der Waals surface area contributed by atoms with Crippen molar-refractivity contribution in [1.82, 2.24) is 20.8 Å². The third-order valence-corrected chi connectivity index (χ3v) is 3.01. The van der Waals surface area contributed by atoms with E-state index in [0.717, 1.165) is 6.54 Å². The maximum Gasteiger partial charge on any atom is 0.328 e. The molecule has 12 heteroatoms. The van der Waals surface area contributed by atoms with Gasteiger partial charge in [-0.2, -0.15) is 4.98 Å². The minimum Gasteiger partial charge on any atom is -0.480 e. The van der Waals surface area contributed by atoms with Crippen LogP contribution in [0.5, 0.6) is 0 Å². The van der Waals surface area contributed by atoms with E-state index < -0.39 is 30.2 Å². The Morgan fingerprint density at radius 3 is 2.46 bits per heavy atom. The molecule has 26 heavy (non-hydrogen) atoms. The van der Waals surface area contributed by atoms with Crippen molar-refractivity contribution in [1.29, 1.82) is 0 Å². The molecule has 0 aliphatic carbocycles. The molecular formula is C14H28N6O6. The highest BCUT2D eigenvalue weighted by atomic mass is 16.5. The molecule has 0 aromatic carbocycles. The molecule has 1 heterocycles. The average molecular weight is 376 g/mol. The summed E-state index contributed by atoms with van der Waals surface area (Å²) >= 11 is 0. The predicted molar refractivity (Wildman–Crippen MR) is 90.8 cm³/mol. The van der Waals surface area contributed by atoms with Crippen molar-refractivity contribution in [3.8, 4) is 0 Å². The second-order valence-corrected chi connectivity index (χ2v) is 5.36. The van der Waals surface area contributed by atoms with Gasteiger partial charge in [0.15, 0.2) is 11.9 Å².